The lowest BCUT2D eigenvalue weighted by Crippen LogP contribution is -2.32. The highest BCUT2D eigenvalue weighted by molar-refractivity contribution is 6.03. The van der Waals surface area contributed by atoms with Crippen LogP contribution in [-0.2, 0) is 4.74 Å². The molecule has 0 bridgehead atoms. The first-order chi connectivity index (χ1) is 17.8. The quantitative estimate of drug-likeness (QED) is 0.255. The Morgan fingerprint density at radius 2 is 1.75 bits per heavy atom. The molecular formula is C32H30N2O2. The third-order valence-electron chi connectivity index (χ3n) is 8.26. The first-order valence-corrected chi connectivity index (χ1v) is 13.1. The van der Waals surface area contributed by atoms with E-state index in [2.05, 4.69) is 89.5 Å². The lowest BCUT2D eigenvalue weighted by atomic mass is 9.75. The Morgan fingerprint density at radius 1 is 0.972 bits per heavy atom. The third-order valence-corrected chi connectivity index (χ3v) is 8.26. The molecule has 4 nitrogen and oxygen atoms in total. The smallest absolute Gasteiger partial charge is 0.251 e. The van der Waals surface area contributed by atoms with E-state index in [9.17, 15) is 4.79 Å². The van der Waals surface area contributed by atoms with Crippen molar-refractivity contribution in [2.75, 3.05) is 18.5 Å². The van der Waals surface area contributed by atoms with Crippen LogP contribution in [0.25, 0.3) is 21.5 Å². The minimum absolute atomic E-state index is 0.0194. The van der Waals surface area contributed by atoms with Gasteiger partial charge < -0.3 is 15.4 Å². The average molecular weight is 475 g/mol. The zero-order chi connectivity index (χ0) is 24.1. The number of allylic oxidation sites excluding steroid dienone is 2. The molecule has 2 heterocycles. The van der Waals surface area contributed by atoms with Crippen LogP contribution in [-0.4, -0.2) is 25.2 Å². The zero-order valence-corrected chi connectivity index (χ0v) is 20.2. The molecule has 0 aromatic heterocycles. The number of hydrogen-bond acceptors (Lipinski definition) is 3. The van der Waals surface area contributed by atoms with Gasteiger partial charge >= 0.3 is 0 Å². The SMILES string of the molecule is O=C(NCC1CCCO1)c1ccc2c(c1)C1C=CCC1C(c1c3ccccc3cc3ccccc13)N2. The molecule has 1 amide bonds. The highest BCUT2D eigenvalue weighted by Gasteiger charge is 2.39. The largest absolute Gasteiger partial charge is 0.378 e. The monoisotopic (exact) mass is 474 g/mol. The third kappa shape index (κ3) is 3.59. The van der Waals surface area contributed by atoms with E-state index in [1.54, 1.807) is 0 Å². The summed E-state index contributed by atoms with van der Waals surface area (Å²) in [5.41, 5.74) is 4.45. The van der Waals surface area contributed by atoms with Crippen molar-refractivity contribution >= 4 is 33.1 Å². The zero-order valence-electron chi connectivity index (χ0n) is 20.2. The summed E-state index contributed by atoms with van der Waals surface area (Å²) in [7, 11) is 0. The molecule has 4 aromatic rings. The van der Waals surface area contributed by atoms with Gasteiger partial charge in [0.15, 0.2) is 0 Å². The Labute approximate surface area is 211 Å². The van der Waals surface area contributed by atoms with Gasteiger partial charge in [-0.2, -0.15) is 0 Å². The van der Waals surface area contributed by atoms with Crippen molar-refractivity contribution in [1.29, 1.82) is 0 Å². The van der Waals surface area contributed by atoms with Gasteiger partial charge in [0.25, 0.3) is 5.91 Å². The number of anilines is 1. The van der Waals surface area contributed by atoms with Crippen LogP contribution in [0, 0.1) is 5.92 Å². The molecule has 4 unspecified atom stereocenters. The van der Waals surface area contributed by atoms with Crippen LogP contribution in [0.4, 0.5) is 5.69 Å². The predicted octanol–water partition coefficient (Wildman–Crippen LogP) is 6.73. The van der Waals surface area contributed by atoms with E-state index in [0.717, 1.165) is 37.1 Å². The second-order valence-corrected chi connectivity index (χ2v) is 10.4. The van der Waals surface area contributed by atoms with Gasteiger partial charge in [-0.3, -0.25) is 4.79 Å². The van der Waals surface area contributed by atoms with E-state index in [1.165, 1.54) is 32.7 Å². The molecule has 2 N–H and O–H groups in total. The van der Waals surface area contributed by atoms with Gasteiger partial charge in [-0.1, -0.05) is 60.7 Å². The fourth-order valence-electron chi connectivity index (χ4n) is 6.52. The summed E-state index contributed by atoms with van der Waals surface area (Å²) in [5.74, 6) is 0.667. The molecule has 7 rings (SSSR count). The molecule has 4 atom stereocenters. The van der Waals surface area contributed by atoms with E-state index in [1.807, 2.05) is 6.07 Å². The Morgan fingerprint density at radius 3 is 2.50 bits per heavy atom. The van der Waals surface area contributed by atoms with Gasteiger partial charge in [0, 0.05) is 30.3 Å². The standard InChI is InChI=1S/C32H30N2O2/c35-32(33-19-23-9-6-16-36-23)22-14-15-29-28(18-22)26-12-5-13-27(26)31(34-29)30-24-10-3-1-7-20(24)17-21-8-2-4-11-25(21)30/h1-5,7-8,10-12,14-15,17-18,23,26-27,31,34H,6,9,13,16,19H2,(H,33,35). The van der Waals surface area contributed by atoms with Gasteiger partial charge in [-0.15, -0.1) is 0 Å². The molecule has 2 aliphatic heterocycles. The van der Waals surface area contributed by atoms with Crippen molar-refractivity contribution in [1.82, 2.24) is 5.32 Å². The van der Waals surface area contributed by atoms with Crippen LogP contribution in [0.1, 0.15) is 52.7 Å². The number of benzene rings is 4. The van der Waals surface area contributed by atoms with Gasteiger partial charge in [-0.05, 0) is 82.1 Å². The van der Waals surface area contributed by atoms with Crippen LogP contribution >= 0.6 is 0 Å². The number of fused-ring (bicyclic) bond motifs is 5. The topological polar surface area (TPSA) is 50.4 Å². The molecule has 1 fully saturated rings. The lowest BCUT2D eigenvalue weighted by molar-refractivity contribution is 0.0857. The number of carbonyl (C=O) groups excluding carboxylic acids is 1. The minimum atomic E-state index is -0.0194. The van der Waals surface area contributed by atoms with Crippen molar-refractivity contribution in [3.8, 4) is 0 Å². The molecule has 180 valence electrons. The molecule has 0 saturated carbocycles. The molecule has 36 heavy (non-hydrogen) atoms. The normalized spacial score (nSPS) is 24.4. The Balaban J connectivity index is 1.27. The van der Waals surface area contributed by atoms with Crippen molar-refractivity contribution < 1.29 is 9.53 Å². The highest BCUT2D eigenvalue weighted by Crippen LogP contribution is 2.52. The first kappa shape index (κ1) is 21.6. The van der Waals surface area contributed by atoms with Crippen molar-refractivity contribution in [3.63, 3.8) is 0 Å². The number of hydrogen-bond donors (Lipinski definition) is 2. The highest BCUT2D eigenvalue weighted by atomic mass is 16.5. The summed E-state index contributed by atoms with van der Waals surface area (Å²) in [4.78, 5) is 13.0. The molecule has 4 heteroatoms. The maximum Gasteiger partial charge on any atom is 0.251 e. The number of amides is 1. The number of carbonyl (C=O) groups is 1. The fraction of sp³-hybridized carbons (Fsp3) is 0.281. The molecular weight excluding hydrogens is 444 g/mol. The molecule has 4 aromatic carbocycles. The van der Waals surface area contributed by atoms with Crippen LogP contribution in [0.15, 0.2) is 84.9 Å². The van der Waals surface area contributed by atoms with Crippen molar-refractivity contribution in [2.45, 2.75) is 37.3 Å². The van der Waals surface area contributed by atoms with E-state index in [4.69, 9.17) is 4.74 Å². The average Bonchev–Trinajstić information content (AvgIpc) is 3.62. The maximum absolute atomic E-state index is 13.0. The van der Waals surface area contributed by atoms with Crippen LogP contribution < -0.4 is 10.6 Å². The van der Waals surface area contributed by atoms with Crippen LogP contribution in [0.3, 0.4) is 0 Å². The summed E-state index contributed by atoms with van der Waals surface area (Å²) >= 11 is 0. The molecule has 0 radical (unpaired) electrons. The summed E-state index contributed by atoms with van der Waals surface area (Å²) in [6, 6.07) is 26.1. The lowest BCUT2D eigenvalue weighted by Gasteiger charge is -2.38. The van der Waals surface area contributed by atoms with Crippen molar-refractivity contribution in [3.05, 3.63) is 102 Å². The van der Waals surface area contributed by atoms with Crippen LogP contribution in [0.2, 0.25) is 0 Å². The second kappa shape index (κ2) is 8.79. The predicted molar refractivity (Wildman–Crippen MR) is 146 cm³/mol. The van der Waals surface area contributed by atoms with E-state index in [0.29, 0.717) is 12.5 Å². The second-order valence-electron chi connectivity index (χ2n) is 10.4. The van der Waals surface area contributed by atoms with E-state index >= 15 is 0 Å². The summed E-state index contributed by atoms with van der Waals surface area (Å²) in [5, 5.41) is 12.2. The number of ether oxygens (including phenoxy) is 1. The Bertz CT molecular complexity index is 1450. The maximum atomic E-state index is 13.0. The Kier molecular flexibility index (Phi) is 5.28. The van der Waals surface area contributed by atoms with E-state index in [-0.39, 0.29) is 24.0 Å². The number of rotatable bonds is 4. The van der Waals surface area contributed by atoms with Gasteiger partial charge in [0.1, 0.15) is 0 Å². The van der Waals surface area contributed by atoms with Gasteiger partial charge in [0.2, 0.25) is 0 Å². The number of nitrogens with one attached hydrogen (secondary N) is 2. The molecule has 0 spiro atoms. The molecule has 1 saturated heterocycles. The summed E-state index contributed by atoms with van der Waals surface area (Å²) in [6.45, 7) is 1.38. The first-order valence-electron chi connectivity index (χ1n) is 13.1. The molecule has 3 aliphatic rings. The van der Waals surface area contributed by atoms with Gasteiger partial charge in [-0.25, -0.2) is 0 Å². The summed E-state index contributed by atoms with van der Waals surface area (Å²) < 4.78 is 5.67. The minimum Gasteiger partial charge on any atom is -0.378 e. The molecule has 1 aliphatic carbocycles. The Hall–Kier alpha value is -3.63. The fourth-order valence-corrected chi connectivity index (χ4v) is 6.52. The van der Waals surface area contributed by atoms with Crippen molar-refractivity contribution in [2.24, 2.45) is 5.92 Å². The van der Waals surface area contributed by atoms with Gasteiger partial charge in [0.05, 0.1) is 12.1 Å². The van der Waals surface area contributed by atoms with E-state index < -0.39 is 0 Å². The summed E-state index contributed by atoms with van der Waals surface area (Å²) in [6.07, 6.45) is 7.93. The van der Waals surface area contributed by atoms with Crippen LogP contribution in [0.5, 0.6) is 0 Å².